The highest BCUT2D eigenvalue weighted by molar-refractivity contribution is 5.78. The Balaban J connectivity index is 1.54. The first-order valence-electron chi connectivity index (χ1n) is 8.45. The van der Waals surface area contributed by atoms with E-state index < -0.39 is 0 Å². The van der Waals surface area contributed by atoms with E-state index in [0.717, 1.165) is 44.5 Å². The van der Waals surface area contributed by atoms with Gasteiger partial charge in [0.15, 0.2) is 0 Å². The third-order valence-corrected chi connectivity index (χ3v) is 4.95. The van der Waals surface area contributed by atoms with Gasteiger partial charge in [0, 0.05) is 25.6 Å². The second-order valence-corrected chi connectivity index (χ2v) is 6.46. The van der Waals surface area contributed by atoms with Crippen LogP contribution in [0.3, 0.4) is 0 Å². The molecule has 1 aromatic heterocycles. The molecule has 2 aliphatic heterocycles. The van der Waals surface area contributed by atoms with Gasteiger partial charge in [-0.15, -0.1) is 0 Å². The van der Waals surface area contributed by atoms with E-state index in [-0.39, 0.29) is 17.9 Å². The second-order valence-electron chi connectivity index (χ2n) is 6.46. The van der Waals surface area contributed by atoms with Crippen LogP contribution in [0.1, 0.15) is 38.4 Å². The van der Waals surface area contributed by atoms with E-state index in [0.29, 0.717) is 19.1 Å². The van der Waals surface area contributed by atoms with E-state index in [2.05, 4.69) is 10.2 Å². The number of carbonyl (C=O) groups excluding carboxylic acids is 2. The van der Waals surface area contributed by atoms with Crippen molar-refractivity contribution in [2.24, 2.45) is 0 Å². The first-order valence-corrected chi connectivity index (χ1v) is 8.45. The highest BCUT2D eigenvalue weighted by atomic mass is 16.3. The smallest absolute Gasteiger partial charge is 0.234 e. The maximum Gasteiger partial charge on any atom is 0.234 e. The third-order valence-electron chi connectivity index (χ3n) is 4.95. The van der Waals surface area contributed by atoms with Crippen LogP contribution >= 0.6 is 0 Å². The van der Waals surface area contributed by atoms with Crippen molar-refractivity contribution < 1.29 is 14.0 Å². The Labute approximate surface area is 136 Å². The van der Waals surface area contributed by atoms with Crippen LogP contribution < -0.4 is 5.32 Å². The Morgan fingerprint density at radius 2 is 2.04 bits per heavy atom. The van der Waals surface area contributed by atoms with E-state index in [1.807, 2.05) is 17.0 Å². The molecule has 23 heavy (non-hydrogen) atoms. The minimum absolute atomic E-state index is 0.0145. The lowest BCUT2D eigenvalue weighted by atomic mass is 10.0. The van der Waals surface area contributed by atoms with Crippen molar-refractivity contribution >= 4 is 11.8 Å². The molecule has 2 saturated heterocycles. The van der Waals surface area contributed by atoms with Crippen molar-refractivity contribution in [1.29, 1.82) is 0 Å². The summed E-state index contributed by atoms with van der Waals surface area (Å²) in [5.41, 5.74) is 0. The quantitative estimate of drug-likeness (QED) is 0.890. The van der Waals surface area contributed by atoms with Gasteiger partial charge in [-0.25, -0.2) is 0 Å². The van der Waals surface area contributed by atoms with Gasteiger partial charge in [-0.1, -0.05) is 0 Å². The molecule has 2 aliphatic rings. The van der Waals surface area contributed by atoms with Crippen molar-refractivity contribution in [2.75, 3.05) is 19.6 Å². The fourth-order valence-electron chi connectivity index (χ4n) is 3.91. The van der Waals surface area contributed by atoms with E-state index in [1.165, 1.54) is 0 Å². The van der Waals surface area contributed by atoms with Crippen LogP contribution in [-0.4, -0.2) is 53.3 Å². The normalized spacial score (nSPS) is 25.0. The van der Waals surface area contributed by atoms with Gasteiger partial charge >= 0.3 is 0 Å². The lowest BCUT2D eigenvalue weighted by Crippen LogP contribution is -2.50. The van der Waals surface area contributed by atoms with Crippen molar-refractivity contribution in [3.63, 3.8) is 0 Å². The predicted molar refractivity (Wildman–Crippen MR) is 85.6 cm³/mol. The molecule has 0 aromatic carbocycles. The molecule has 0 radical (unpaired) electrons. The van der Waals surface area contributed by atoms with E-state index in [4.69, 9.17) is 4.42 Å². The zero-order valence-electron chi connectivity index (χ0n) is 13.7. The Bertz CT molecular complexity index is 543. The third kappa shape index (κ3) is 3.75. The average Bonchev–Trinajstić information content (AvgIpc) is 3.25. The van der Waals surface area contributed by atoms with E-state index in [1.54, 1.807) is 13.2 Å². The molecule has 2 fully saturated rings. The molecule has 0 aliphatic carbocycles. The molecular weight excluding hydrogens is 294 g/mol. The summed E-state index contributed by atoms with van der Waals surface area (Å²) in [5, 5.41) is 2.90. The largest absolute Gasteiger partial charge is 0.467 e. The Morgan fingerprint density at radius 3 is 2.78 bits per heavy atom. The van der Waals surface area contributed by atoms with Crippen molar-refractivity contribution in [3.05, 3.63) is 24.2 Å². The van der Waals surface area contributed by atoms with Gasteiger partial charge in [0.1, 0.15) is 5.76 Å². The number of hydrogen-bond acceptors (Lipinski definition) is 4. The van der Waals surface area contributed by atoms with Crippen LogP contribution in [0.2, 0.25) is 0 Å². The first kappa shape index (κ1) is 16.1. The lowest BCUT2D eigenvalue weighted by Gasteiger charge is -2.34. The van der Waals surface area contributed by atoms with Crippen LogP contribution in [0.25, 0.3) is 0 Å². The predicted octanol–water partition coefficient (Wildman–Crippen LogP) is 1.37. The van der Waals surface area contributed by atoms with Crippen molar-refractivity contribution in [3.8, 4) is 0 Å². The summed E-state index contributed by atoms with van der Waals surface area (Å²) in [7, 11) is 0. The molecular formula is C17H25N3O3. The summed E-state index contributed by atoms with van der Waals surface area (Å²) >= 11 is 0. The number of nitrogens with one attached hydrogen (secondary N) is 1. The summed E-state index contributed by atoms with van der Waals surface area (Å²) in [5.74, 6) is 0.928. The average molecular weight is 319 g/mol. The standard InChI is InChI=1S/C17H25N3O3/c1-13(21)20-9-3-7-16(20)15-6-2-8-19(15)12-17(22)18-11-14-5-4-10-23-14/h4-5,10,15-16H,2-3,6-9,11-12H2,1H3,(H,18,22)/t15-,16-/m1/s1. The minimum Gasteiger partial charge on any atom is -0.467 e. The maximum absolute atomic E-state index is 12.2. The molecule has 3 heterocycles. The Kier molecular flexibility index (Phi) is 5.00. The lowest BCUT2D eigenvalue weighted by molar-refractivity contribution is -0.130. The molecule has 1 N–H and O–H groups in total. The van der Waals surface area contributed by atoms with Crippen LogP contribution in [0, 0.1) is 0 Å². The monoisotopic (exact) mass is 319 g/mol. The molecule has 6 heteroatoms. The van der Waals surface area contributed by atoms with Crippen LogP contribution in [0.15, 0.2) is 22.8 Å². The topological polar surface area (TPSA) is 65.8 Å². The number of hydrogen-bond donors (Lipinski definition) is 1. The molecule has 0 saturated carbocycles. The number of amides is 2. The molecule has 0 spiro atoms. The van der Waals surface area contributed by atoms with Crippen LogP contribution in [0.4, 0.5) is 0 Å². The highest BCUT2D eigenvalue weighted by Gasteiger charge is 2.39. The van der Waals surface area contributed by atoms with Gasteiger partial charge in [-0.3, -0.25) is 14.5 Å². The van der Waals surface area contributed by atoms with Gasteiger partial charge in [0.25, 0.3) is 0 Å². The zero-order valence-corrected chi connectivity index (χ0v) is 13.7. The van der Waals surface area contributed by atoms with Gasteiger partial charge in [-0.05, 0) is 44.4 Å². The number of likely N-dealkylation sites (tertiary alicyclic amines) is 2. The summed E-state index contributed by atoms with van der Waals surface area (Å²) < 4.78 is 5.22. The Hall–Kier alpha value is -1.82. The Morgan fingerprint density at radius 1 is 1.26 bits per heavy atom. The molecule has 3 rings (SSSR count). The first-order chi connectivity index (χ1) is 11.1. The summed E-state index contributed by atoms with van der Waals surface area (Å²) in [6, 6.07) is 4.25. The zero-order chi connectivity index (χ0) is 16.2. The SMILES string of the molecule is CC(=O)N1CCC[C@@H]1[C@H]1CCCN1CC(=O)NCc1ccco1. The molecule has 1 aromatic rings. The number of furan rings is 1. The molecule has 0 unspecified atom stereocenters. The number of rotatable bonds is 5. The van der Waals surface area contributed by atoms with Gasteiger partial charge < -0.3 is 14.6 Å². The second kappa shape index (κ2) is 7.17. The van der Waals surface area contributed by atoms with E-state index in [9.17, 15) is 9.59 Å². The van der Waals surface area contributed by atoms with Gasteiger partial charge in [0.05, 0.1) is 19.4 Å². The fraction of sp³-hybridized carbons (Fsp3) is 0.647. The molecule has 6 nitrogen and oxygen atoms in total. The number of nitrogens with zero attached hydrogens (tertiary/aromatic N) is 2. The minimum atomic E-state index is 0.0145. The number of carbonyl (C=O) groups is 2. The molecule has 2 amide bonds. The highest BCUT2D eigenvalue weighted by Crippen LogP contribution is 2.29. The van der Waals surface area contributed by atoms with Gasteiger partial charge in [-0.2, -0.15) is 0 Å². The fourth-order valence-corrected chi connectivity index (χ4v) is 3.91. The van der Waals surface area contributed by atoms with Crippen molar-refractivity contribution in [1.82, 2.24) is 15.1 Å². The maximum atomic E-state index is 12.2. The van der Waals surface area contributed by atoms with Gasteiger partial charge in [0.2, 0.25) is 11.8 Å². The summed E-state index contributed by atoms with van der Waals surface area (Å²) in [6.45, 7) is 4.25. The van der Waals surface area contributed by atoms with E-state index >= 15 is 0 Å². The summed E-state index contributed by atoms with van der Waals surface area (Å²) in [4.78, 5) is 28.2. The van der Waals surface area contributed by atoms with Crippen molar-refractivity contribution in [2.45, 2.75) is 51.2 Å². The summed E-state index contributed by atoms with van der Waals surface area (Å²) in [6.07, 6.45) is 5.89. The molecule has 0 bridgehead atoms. The molecule has 126 valence electrons. The van der Waals surface area contributed by atoms with Crippen LogP contribution in [-0.2, 0) is 16.1 Å². The van der Waals surface area contributed by atoms with Crippen LogP contribution in [0.5, 0.6) is 0 Å². The molecule has 2 atom stereocenters.